The molecule has 1 aromatic carbocycles. The molecule has 2 amide bonds. The smallest absolute Gasteiger partial charge is 0.409 e. The summed E-state index contributed by atoms with van der Waals surface area (Å²) in [6.07, 6.45) is 4.96. The Morgan fingerprint density at radius 3 is 2.51 bits per heavy atom. The van der Waals surface area contributed by atoms with Gasteiger partial charge in [0.25, 0.3) is 5.91 Å². The number of halogens is 2. The van der Waals surface area contributed by atoms with Crippen molar-refractivity contribution in [3.8, 4) is 16.9 Å². The molecule has 2 aliphatic rings. The first kappa shape index (κ1) is 35.8. The number of carbonyl (C=O) groups excluding carboxylic acids is 2. The highest BCUT2D eigenvalue weighted by molar-refractivity contribution is 5.98. The van der Waals surface area contributed by atoms with Gasteiger partial charge >= 0.3 is 6.09 Å². The van der Waals surface area contributed by atoms with Crippen molar-refractivity contribution in [2.75, 3.05) is 58.8 Å². The normalized spacial score (nSPS) is 15.6. The van der Waals surface area contributed by atoms with Gasteiger partial charge in [-0.25, -0.2) is 18.3 Å². The summed E-state index contributed by atoms with van der Waals surface area (Å²) in [5, 5.41) is 6.33. The number of piperidine rings is 1. The predicted molar refractivity (Wildman–Crippen MR) is 176 cm³/mol. The van der Waals surface area contributed by atoms with Crippen LogP contribution in [0.1, 0.15) is 68.2 Å². The van der Waals surface area contributed by atoms with Crippen LogP contribution in [0.4, 0.5) is 13.6 Å². The van der Waals surface area contributed by atoms with Gasteiger partial charge in [0.1, 0.15) is 24.1 Å². The van der Waals surface area contributed by atoms with Crippen LogP contribution in [0, 0.1) is 11.6 Å². The van der Waals surface area contributed by atoms with Crippen LogP contribution in [0.25, 0.3) is 11.1 Å². The Balaban J connectivity index is 1.68. The first-order chi connectivity index (χ1) is 23.6. The summed E-state index contributed by atoms with van der Waals surface area (Å²) in [6.45, 7) is 6.91. The molecule has 49 heavy (non-hydrogen) atoms. The zero-order chi connectivity index (χ0) is 35.3. The van der Waals surface area contributed by atoms with Crippen LogP contribution in [-0.2, 0) is 27.4 Å². The third-order valence-corrected chi connectivity index (χ3v) is 9.12. The highest BCUT2D eigenvalue weighted by Crippen LogP contribution is 2.40. The summed E-state index contributed by atoms with van der Waals surface area (Å²) in [7, 11) is 3.33. The molecule has 4 heterocycles. The van der Waals surface area contributed by atoms with E-state index in [4.69, 9.17) is 18.9 Å². The second-order valence-electron chi connectivity index (χ2n) is 12.0. The number of carbonyl (C=O) groups is 2. The molecule has 13 nitrogen and oxygen atoms in total. The molecule has 1 spiro atoms. The van der Waals surface area contributed by atoms with E-state index in [1.54, 1.807) is 27.6 Å². The van der Waals surface area contributed by atoms with Crippen LogP contribution in [0.5, 0.6) is 5.75 Å². The second-order valence-corrected chi connectivity index (χ2v) is 12.0. The molecular weight excluding hydrogens is 642 g/mol. The molecule has 0 N–H and O–H groups in total. The summed E-state index contributed by atoms with van der Waals surface area (Å²) >= 11 is 0. The lowest BCUT2D eigenvalue weighted by Gasteiger charge is -2.57. The van der Waals surface area contributed by atoms with Crippen molar-refractivity contribution < 1.29 is 37.3 Å². The molecule has 0 unspecified atom stereocenters. The Morgan fingerprint density at radius 1 is 1.10 bits per heavy atom. The van der Waals surface area contributed by atoms with E-state index in [2.05, 4.69) is 5.10 Å². The highest BCUT2D eigenvalue weighted by atomic mass is 19.1. The first-order valence-electron chi connectivity index (χ1n) is 16.6. The summed E-state index contributed by atoms with van der Waals surface area (Å²) in [4.78, 5) is 45.1. The lowest BCUT2D eigenvalue weighted by molar-refractivity contribution is -0.0429. The van der Waals surface area contributed by atoms with Gasteiger partial charge in [-0.05, 0) is 26.3 Å². The molecule has 0 saturated carbocycles. The number of aromatic nitrogens is 3. The van der Waals surface area contributed by atoms with Gasteiger partial charge in [-0.3, -0.25) is 19.3 Å². The summed E-state index contributed by atoms with van der Waals surface area (Å²) in [5.41, 5.74) is -0.140. The van der Waals surface area contributed by atoms with E-state index in [-0.39, 0.29) is 61.6 Å². The molecule has 1 saturated heterocycles. The molecule has 5 rings (SSSR count). The van der Waals surface area contributed by atoms with Gasteiger partial charge in [0, 0.05) is 70.0 Å². The fourth-order valence-corrected chi connectivity index (χ4v) is 6.69. The van der Waals surface area contributed by atoms with E-state index in [0.29, 0.717) is 50.2 Å². The SMILES string of the molecule is CCCCOc1c2n(c(COCOC)c(-c3cnn(Cc4ccc(F)cc4F)c3)c1=O)N(C)C1(CCN(C(=O)OCC)CC1)N(CC)C2=O. The molecule has 0 radical (unpaired) electrons. The number of nitrogens with zero attached hydrogens (tertiary/aromatic N) is 6. The number of benzene rings is 1. The van der Waals surface area contributed by atoms with Gasteiger partial charge in [0.2, 0.25) is 5.43 Å². The van der Waals surface area contributed by atoms with Crippen molar-refractivity contribution in [3.05, 3.63) is 69.4 Å². The Bertz CT molecular complexity index is 1720. The summed E-state index contributed by atoms with van der Waals surface area (Å²) in [5.74, 6) is -1.88. The summed E-state index contributed by atoms with van der Waals surface area (Å²) < 4.78 is 53.6. The van der Waals surface area contributed by atoms with Crippen molar-refractivity contribution in [3.63, 3.8) is 0 Å². The zero-order valence-corrected chi connectivity index (χ0v) is 28.7. The van der Waals surface area contributed by atoms with Gasteiger partial charge in [-0.2, -0.15) is 5.10 Å². The molecule has 2 aliphatic heterocycles. The number of hydrogen-bond acceptors (Lipinski definition) is 9. The fourth-order valence-electron chi connectivity index (χ4n) is 6.69. The van der Waals surface area contributed by atoms with Gasteiger partial charge < -0.3 is 28.7 Å². The minimum atomic E-state index is -0.866. The number of hydrogen-bond donors (Lipinski definition) is 0. The van der Waals surface area contributed by atoms with Crippen molar-refractivity contribution in [2.24, 2.45) is 0 Å². The molecular formula is C34H44F2N6O7. The minimum Gasteiger partial charge on any atom is -0.487 e. The topological polar surface area (TPSA) is 121 Å². The molecule has 15 heteroatoms. The Labute approximate surface area is 283 Å². The van der Waals surface area contributed by atoms with E-state index >= 15 is 0 Å². The Kier molecular flexibility index (Phi) is 11.2. The van der Waals surface area contributed by atoms with Gasteiger partial charge in [-0.15, -0.1) is 0 Å². The van der Waals surface area contributed by atoms with Crippen LogP contribution in [0.3, 0.4) is 0 Å². The maximum Gasteiger partial charge on any atom is 0.409 e. The molecule has 3 aromatic rings. The van der Waals surface area contributed by atoms with Gasteiger partial charge in [0.15, 0.2) is 11.4 Å². The Morgan fingerprint density at radius 2 is 1.86 bits per heavy atom. The number of likely N-dealkylation sites (tertiary alicyclic amines) is 1. The Hall–Kier alpha value is -4.50. The van der Waals surface area contributed by atoms with Crippen LogP contribution in [0.15, 0.2) is 35.4 Å². The monoisotopic (exact) mass is 686 g/mol. The van der Waals surface area contributed by atoms with E-state index < -0.39 is 28.8 Å². The predicted octanol–water partition coefficient (Wildman–Crippen LogP) is 4.33. The lowest BCUT2D eigenvalue weighted by atomic mass is 9.91. The number of rotatable bonds is 13. The number of methoxy groups -OCH3 is 1. The van der Waals surface area contributed by atoms with Crippen molar-refractivity contribution in [1.29, 1.82) is 0 Å². The number of fused-ring (bicyclic) bond motifs is 1. The third kappa shape index (κ3) is 6.86. The molecule has 2 aromatic heterocycles. The van der Waals surface area contributed by atoms with Crippen molar-refractivity contribution in [2.45, 2.75) is 65.3 Å². The highest BCUT2D eigenvalue weighted by Gasteiger charge is 2.52. The van der Waals surface area contributed by atoms with E-state index in [0.717, 1.165) is 12.5 Å². The van der Waals surface area contributed by atoms with E-state index in [1.165, 1.54) is 30.1 Å². The van der Waals surface area contributed by atoms with E-state index in [9.17, 15) is 23.2 Å². The molecule has 0 atom stereocenters. The first-order valence-corrected chi connectivity index (χ1v) is 16.6. The average molecular weight is 687 g/mol. The van der Waals surface area contributed by atoms with Gasteiger partial charge in [0.05, 0.1) is 43.8 Å². The number of amides is 2. The summed E-state index contributed by atoms with van der Waals surface area (Å²) in [6, 6.07) is 3.32. The second kappa shape index (κ2) is 15.4. The quantitative estimate of drug-likeness (QED) is 0.191. The maximum atomic E-state index is 14.6. The average Bonchev–Trinajstić information content (AvgIpc) is 3.54. The molecule has 1 fully saturated rings. The van der Waals surface area contributed by atoms with Crippen molar-refractivity contribution >= 4 is 12.0 Å². The fraction of sp³-hybridized carbons (Fsp3) is 0.529. The largest absolute Gasteiger partial charge is 0.487 e. The number of unbranched alkanes of at least 4 members (excludes halogenated alkanes) is 1. The van der Waals surface area contributed by atoms with Crippen molar-refractivity contribution in [1.82, 2.24) is 24.3 Å². The number of ether oxygens (including phenoxy) is 4. The van der Waals surface area contributed by atoms with Crippen LogP contribution in [-0.4, -0.2) is 95.7 Å². The molecule has 0 aliphatic carbocycles. The number of pyridine rings is 1. The standard InChI is InChI=1S/C34H44F2N6O7/c1-6-9-16-49-31-29-32(44)41(7-2)34(12-14-39(15-13-34)33(45)48-8-3)38(4)42(29)27(21-47-22-46-5)28(30(31)43)24-18-37-40(20-24)19-23-10-11-25(35)17-26(23)36/h10-11,17-18,20H,6-9,12-16,19,21-22H2,1-5H3. The molecule has 266 valence electrons. The maximum absolute atomic E-state index is 14.6. The third-order valence-electron chi connectivity index (χ3n) is 9.12. The lowest BCUT2D eigenvalue weighted by Crippen LogP contribution is -2.72. The van der Waals surface area contributed by atoms with Crippen LogP contribution >= 0.6 is 0 Å². The zero-order valence-electron chi connectivity index (χ0n) is 28.7. The van der Waals surface area contributed by atoms with E-state index in [1.807, 2.05) is 25.9 Å². The minimum absolute atomic E-state index is 0.0162. The van der Waals surface area contributed by atoms with Crippen LogP contribution < -0.4 is 15.2 Å². The van der Waals surface area contributed by atoms with Gasteiger partial charge in [-0.1, -0.05) is 19.4 Å². The van der Waals surface area contributed by atoms with Crippen LogP contribution in [0.2, 0.25) is 0 Å². The molecule has 0 bridgehead atoms.